The number of hydrogen-bond donors (Lipinski definition) is 1. The van der Waals surface area contributed by atoms with Gasteiger partial charge in [-0.05, 0) is 36.4 Å². The Bertz CT molecular complexity index is 1120. The number of halogens is 2. The van der Waals surface area contributed by atoms with Crippen molar-refractivity contribution in [1.82, 2.24) is 10.2 Å². The fourth-order valence-electron chi connectivity index (χ4n) is 2.98. The van der Waals surface area contributed by atoms with Crippen LogP contribution < -0.4 is 10.1 Å². The zero-order chi connectivity index (χ0) is 20.2. The van der Waals surface area contributed by atoms with E-state index in [-0.39, 0.29) is 5.02 Å². The molecule has 0 unspecified atom stereocenters. The van der Waals surface area contributed by atoms with E-state index < -0.39 is 11.9 Å². The quantitative estimate of drug-likeness (QED) is 0.440. The minimum Gasteiger partial charge on any atom is -0.495 e. The Labute approximate surface area is 172 Å². The molecule has 146 valence electrons. The molecule has 0 fully saturated rings. The van der Waals surface area contributed by atoms with Gasteiger partial charge in [0.2, 0.25) is 11.8 Å². The molecule has 5 nitrogen and oxygen atoms in total. The molecule has 1 N–H and O–H groups in total. The van der Waals surface area contributed by atoms with Gasteiger partial charge in [-0.3, -0.25) is 0 Å². The van der Waals surface area contributed by atoms with Gasteiger partial charge in [-0.2, -0.15) is 0 Å². The van der Waals surface area contributed by atoms with Crippen LogP contribution >= 0.6 is 11.6 Å². The van der Waals surface area contributed by atoms with Crippen LogP contribution in [0.1, 0.15) is 17.5 Å². The van der Waals surface area contributed by atoms with Crippen molar-refractivity contribution in [2.45, 2.75) is 6.04 Å². The van der Waals surface area contributed by atoms with Crippen molar-refractivity contribution < 1.29 is 13.5 Å². The van der Waals surface area contributed by atoms with Crippen LogP contribution in [0.2, 0.25) is 5.02 Å². The van der Waals surface area contributed by atoms with Crippen LogP contribution in [0.5, 0.6) is 5.75 Å². The zero-order valence-electron chi connectivity index (χ0n) is 15.5. The highest BCUT2D eigenvalue weighted by molar-refractivity contribution is 6.31. The second-order valence-electron chi connectivity index (χ2n) is 6.25. The third-order valence-corrected chi connectivity index (χ3v) is 4.72. The highest BCUT2D eigenvalue weighted by Crippen LogP contribution is 2.35. The fourth-order valence-corrected chi connectivity index (χ4v) is 3.25. The molecule has 0 aliphatic carbocycles. The summed E-state index contributed by atoms with van der Waals surface area (Å²) in [5.74, 6) is 0.887. The summed E-state index contributed by atoms with van der Waals surface area (Å²) in [4.78, 5) is 0. The molecule has 0 saturated carbocycles. The number of rotatable bonds is 6. The maximum absolute atomic E-state index is 13.6. The minimum atomic E-state index is -0.607. The van der Waals surface area contributed by atoms with E-state index in [2.05, 4.69) is 15.5 Å². The molecule has 0 aliphatic rings. The van der Waals surface area contributed by atoms with E-state index in [1.807, 2.05) is 54.6 Å². The van der Waals surface area contributed by atoms with E-state index in [0.29, 0.717) is 28.8 Å². The third-order valence-electron chi connectivity index (χ3n) is 4.39. The van der Waals surface area contributed by atoms with Gasteiger partial charge in [-0.25, -0.2) is 4.39 Å². The Hall–Kier alpha value is -3.38. The minimum absolute atomic E-state index is 0.247. The summed E-state index contributed by atoms with van der Waals surface area (Å²) in [5.41, 5.74) is 2.11. The smallest absolute Gasteiger partial charge is 0.247 e. The van der Waals surface area contributed by atoms with Crippen molar-refractivity contribution in [3.05, 3.63) is 95.1 Å². The summed E-state index contributed by atoms with van der Waals surface area (Å²) in [5, 5.41) is 11.9. The number of nitrogens with one attached hydrogen (secondary N) is 1. The molecular weight excluding hydrogens is 393 g/mol. The number of aromatic nitrogens is 2. The average molecular weight is 410 g/mol. The molecule has 0 saturated heterocycles. The zero-order valence-corrected chi connectivity index (χ0v) is 16.2. The Balaban J connectivity index is 1.77. The molecule has 1 atom stereocenters. The number of para-hydroxylation sites is 2. The maximum atomic E-state index is 13.6. The van der Waals surface area contributed by atoms with Crippen LogP contribution in [0.25, 0.3) is 11.5 Å². The number of benzene rings is 3. The first-order chi connectivity index (χ1) is 14.2. The second-order valence-corrected chi connectivity index (χ2v) is 6.66. The van der Waals surface area contributed by atoms with E-state index in [9.17, 15) is 4.39 Å². The van der Waals surface area contributed by atoms with E-state index in [0.717, 1.165) is 5.56 Å². The van der Waals surface area contributed by atoms with Crippen LogP contribution in [0.15, 0.2) is 77.2 Å². The van der Waals surface area contributed by atoms with Crippen molar-refractivity contribution >= 4 is 17.3 Å². The molecule has 7 heteroatoms. The van der Waals surface area contributed by atoms with Crippen LogP contribution in [-0.4, -0.2) is 17.3 Å². The van der Waals surface area contributed by atoms with Crippen molar-refractivity contribution in [2.75, 3.05) is 12.4 Å². The van der Waals surface area contributed by atoms with Gasteiger partial charge in [0, 0.05) is 16.1 Å². The molecular formula is C22H17ClFN3O2. The average Bonchev–Trinajstić information content (AvgIpc) is 3.23. The lowest BCUT2D eigenvalue weighted by Gasteiger charge is -2.20. The lowest BCUT2D eigenvalue weighted by atomic mass is 10.1. The predicted molar refractivity (Wildman–Crippen MR) is 110 cm³/mol. The van der Waals surface area contributed by atoms with Gasteiger partial charge in [0.1, 0.15) is 17.6 Å². The first kappa shape index (κ1) is 19.0. The number of nitrogens with zero attached hydrogens (tertiary/aromatic N) is 2. The van der Waals surface area contributed by atoms with E-state index in [1.54, 1.807) is 13.2 Å². The lowest BCUT2D eigenvalue weighted by molar-refractivity contribution is 0.415. The SMILES string of the molecule is COc1ccccc1N[C@@H](c1nnc(-c2ccccc2)o1)c1ccc(F)cc1Cl. The summed E-state index contributed by atoms with van der Waals surface area (Å²) in [6.45, 7) is 0. The van der Waals surface area contributed by atoms with Crippen LogP contribution in [0.4, 0.5) is 10.1 Å². The van der Waals surface area contributed by atoms with Gasteiger partial charge in [-0.15, -0.1) is 10.2 Å². The van der Waals surface area contributed by atoms with Crippen molar-refractivity contribution in [3.8, 4) is 17.2 Å². The Morgan fingerprint density at radius 3 is 2.52 bits per heavy atom. The molecule has 4 rings (SSSR count). The Kier molecular flexibility index (Phi) is 5.44. The molecule has 1 aromatic heterocycles. The molecule has 1 heterocycles. The van der Waals surface area contributed by atoms with Gasteiger partial charge < -0.3 is 14.5 Å². The number of methoxy groups -OCH3 is 1. The maximum Gasteiger partial charge on any atom is 0.247 e. The van der Waals surface area contributed by atoms with Crippen molar-refractivity contribution in [3.63, 3.8) is 0 Å². The van der Waals surface area contributed by atoms with Gasteiger partial charge in [0.25, 0.3) is 0 Å². The molecule has 0 amide bonds. The Morgan fingerprint density at radius 1 is 1.00 bits per heavy atom. The van der Waals surface area contributed by atoms with E-state index in [4.69, 9.17) is 20.8 Å². The molecule has 4 aromatic rings. The van der Waals surface area contributed by atoms with Gasteiger partial charge in [0.05, 0.1) is 12.8 Å². The first-order valence-corrected chi connectivity index (χ1v) is 9.27. The molecule has 29 heavy (non-hydrogen) atoms. The highest BCUT2D eigenvalue weighted by atomic mass is 35.5. The fraction of sp³-hybridized carbons (Fsp3) is 0.0909. The van der Waals surface area contributed by atoms with Crippen molar-refractivity contribution in [1.29, 1.82) is 0 Å². The third kappa shape index (κ3) is 4.07. The normalized spacial score (nSPS) is 11.8. The predicted octanol–water partition coefficient (Wildman–Crippen LogP) is 5.74. The molecule has 3 aromatic carbocycles. The Morgan fingerprint density at radius 2 is 1.76 bits per heavy atom. The monoisotopic (exact) mass is 409 g/mol. The standard InChI is InChI=1S/C22H17ClFN3O2/c1-28-19-10-6-5-9-18(19)25-20(16-12-11-15(24)13-17(16)23)22-27-26-21(29-22)14-7-3-2-4-8-14/h2-13,20,25H,1H3/t20-/m1/s1. The summed E-state index contributed by atoms with van der Waals surface area (Å²) < 4.78 is 25.0. The first-order valence-electron chi connectivity index (χ1n) is 8.89. The molecule has 0 spiro atoms. The molecule has 0 bridgehead atoms. The largest absolute Gasteiger partial charge is 0.495 e. The van der Waals surface area contributed by atoms with Crippen molar-refractivity contribution in [2.24, 2.45) is 0 Å². The van der Waals surface area contributed by atoms with Gasteiger partial charge >= 0.3 is 0 Å². The topological polar surface area (TPSA) is 60.2 Å². The number of ether oxygens (including phenoxy) is 1. The van der Waals surface area contributed by atoms with Crippen LogP contribution in [-0.2, 0) is 0 Å². The molecule has 0 radical (unpaired) electrons. The van der Waals surface area contributed by atoms with Crippen LogP contribution in [0, 0.1) is 5.82 Å². The summed E-state index contributed by atoms with van der Waals surface area (Å²) >= 11 is 6.34. The second kappa shape index (κ2) is 8.32. The molecule has 0 aliphatic heterocycles. The van der Waals surface area contributed by atoms with Crippen LogP contribution in [0.3, 0.4) is 0 Å². The van der Waals surface area contributed by atoms with E-state index >= 15 is 0 Å². The van der Waals surface area contributed by atoms with E-state index in [1.165, 1.54) is 12.1 Å². The highest BCUT2D eigenvalue weighted by Gasteiger charge is 2.25. The van der Waals surface area contributed by atoms with Gasteiger partial charge in [-0.1, -0.05) is 48.0 Å². The summed E-state index contributed by atoms with van der Waals surface area (Å²) in [6, 6.07) is 20.5. The lowest BCUT2D eigenvalue weighted by Crippen LogP contribution is -2.14. The number of hydrogen-bond acceptors (Lipinski definition) is 5. The summed E-state index contributed by atoms with van der Waals surface area (Å²) in [7, 11) is 1.58. The summed E-state index contributed by atoms with van der Waals surface area (Å²) in [6.07, 6.45) is 0. The van der Waals surface area contributed by atoms with Gasteiger partial charge in [0.15, 0.2) is 0 Å². The number of anilines is 1.